The van der Waals surface area contributed by atoms with Crippen molar-refractivity contribution in [2.75, 3.05) is 13.2 Å². The number of hydrogen-bond donors (Lipinski definition) is 0. The molecule has 2 aliphatic carbocycles. The van der Waals surface area contributed by atoms with Gasteiger partial charge in [0.1, 0.15) is 12.3 Å². The van der Waals surface area contributed by atoms with Crippen molar-refractivity contribution >= 4 is 77.3 Å². The van der Waals surface area contributed by atoms with Gasteiger partial charge in [0.25, 0.3) is 0 Å². The van der Waals surface area contributed by atoms with Gasteiger partial charge in [0.15, 0.2) is 12.4 Å². The molecule has 3 fully saturated rings. The first kappa shape index (κ1) is 26.2. The third-order valence-corrected chi connectivity index (χ3v) is 10.9. The molecular formula is C26H20Br3NO7. The predicted molar refractivity (Wildman–Crippen MR) is 142 cm³/mol. The standard InChI is InChI=1S/C26H20Br3NO7/c27-14-5-1-13(2-6-14)26(35)37-15-7-3-12(4-8-15)18(31)11-36-19(32)10-30-24(33)20-16-9-17(21(20)25(30)34)23(29)22(16)28/h1-8,16-17,20-23H,9-11H2. The zero-order valence-electron chi connectivity index (χ0n) is 19.1. The Bertz CT molecular complexity index is 1250. The predicted octanol–water partition coefficient (Wildman–Crippen LogP) is 4.17. The van der Waals surface area contributed by atoms with E-state index in [9.17, 15) is 24.0 Å². The SMILES string of the molecule is O=C(CN1C(=O)C2C3CC(C(Br)C3Br)C2C1=O)OCC(=O)c1ccc(OC(=O)c2ccc(Br)cc2)cc1. The largest absolute Gasteiger partial charge is 0.456 e. The Hall–Kier alpha value is -2.37. The van der Waals surface area contributed by atoms with Crippen molar-refractivity contribution in [1.82, 2.24) is 4.90 Å². The molecule has 0 aromatic heterocycles. The average molecular weight is 698 g/mol. The maximum absolute atomic E-state index is 12.9. The number of imide groups is 1. The fourth-order valence-corrected chi connectivity index (χ4v) is 7.57. The van der Waals surface area contributed by atoms with E-state index < -0.39 is 42.7 Å². The Labute approximate surface area is 237 Å². The molecule has 11 heteroatoms. The Morgan fingerprint density at radius 2 is 1.38 bits per heavy atom. The van der Waals surface area contributed by atoms with Crippen molar-refractivity contribution in [2.45, 2.75) is 16.1 Å². The molecule has 2 bridgehead atoms. The topological polar surface area (TPSA) is 107 Å². The highest BCUT2D eigenvalue weighted by atomic mass is 79.9. The Balaban J connectivity index is 1.13. The molecule has 192 valence electrons. The van der Waals surface area contributed by atoms with Crippen LogP contribution in [0.5, 0.6) is 5.75 Å². The molecule has 0 spiro atoms. The van der Waals surface area contributed by atoms with E-state index in [1.54, 1.807) is 24.3 Å². The maximum atomic E-state index is 12.9. The maximum Gasteiger partial charge on any atom is 0.343 e. The monoisotopic (exact) mass is 695 g/mol. The van der Waals surface area contributed by atoms with E-state index >= 15 is 0 Å². The van der Waals surface area contributed by atoms with Crippen LogP contribution in [-0.4, -0.2) is 57.2 Å². The third-order valence-electron chi connectivity index (χ3n) is 7.20. The summed E-state index contributed by atoms with van der Waals surface area (Å²) in [5.41, 5.74) is 0.628. The number of esters is 2. The second-order valence-electron chi connectivity index (χ2n) is 9.27. The molecule has 1 heterocycles. The van der Waals surface area contributed by atoms with Gasteiger partial charge in [0, 0.05) is 19.7 Å². The van der Waals surface area contributed by atoms with Gasteiger partial charge < -0.3 is 9.47 Å². The minimum Gasteiger partial charge on any atom is -0.456 e. The molecule has 6 unspecified atom stereocenters. The summed E-state index contributed by atoms with van der Waals surface area (Å²) < 4.78 is 11.2. The van der Waals surface area contributed by atoms with Crippen molar-refractivity contribution in [3.05, 3.63) is 64.1 Å². The number of Topliss-reactive ketones (excluding diaryl/α,β-unsaturated/α-hetero) is 1. The van der Waals surface area contributed by atoms with E-state index in [2.05, 4.69) is 47.8 Å². The van der Waals surface area contributed by atoms with Gasteiger partial charge in [-0.05, 0) is 66.8 Å². The molecular weight excluding hydrogens is 678 g/mol. The summed E-state index contributed by atoms with van der Waals surface area (Å²) in [6.45, 7) is -1.06. The lowest BCUT2D eigenvalue weighted by atomic mass is 9.81. The minimum absolute atomic E-state index is 0.0514. The van der Waals surface area contributed by atoms with E-state index in [0.717, 1.165) is 15.8 Å². The van der Waals surface area contributed by atoms with Gasteiger partial charge in [-0.25, -0.2) is 4.79 Å². The van der Waals surface area contributed by atoms with Crippen LogP contribution in [0.25, 0.3) is 0 Å². The van der Waals surface area contributed by atoms with Crippen molar-refractivity contribution in [2.24, 2.45) is 23.7 Å². The van der Waals surface area contributed by atoms with E-state index in [-0.39, 0.29) is 44.6 Å². The highest BCUT2D eigenvalue weighted by Crippen LogP contribution is 2.60. The molecule has 2 aromatic rings. The number of carbonyl (C=O) groups excluding carboxylic acids is 5. The molecule has 0 N–H and O–H groups in total. The first-order valence-electron chi connectivity index (χ1n) is 11.6. The van der Waals surface area contributed by atoms with Crippen LogP contribution in [0.3, 0.4) is 0 Å². The smallest absolute Gasteiger partial charge is 0.343 e. The summed E-state index contributed by atoms with van der Waals surface area (Å²) in [7, 11) is 0. The van der Waals surface area contributed by atoms with Crippen molar-refractivity contribution in [3.8, 4) is 5.75 Å². The van der Waals surface area contributed by atoms with Gasteiger partial charge in [-0.1, -0.05) is 47.8 Å². The molecule has 6 atom stereocenters. The third kappa shape index (κ3) is 4.93. The molecule has 2 aromatic carbocycles. The molecule has 1 aliphatic heterocycles. The fourth-order valence-electron chi connectivity index (χ4n) is 5.43. The summed E-state index contributed by atoms with van der Waals surface area (Å²) in [6, 6.07) is 12.5. The van der Waals surface area contributed by atoms with Crippen LogP contribution in [0.1, 0.15) is 27.1 Å². The molecule has 5 rings (SSSR count). The lowest BCUT2D eigenvalue weighted by Gasteiger charge is -2.28. The normalized spacial score (nSPS) is 27.8. The number of likely N-dealkylation sites (tertiary alicyclic amines) is 1. The van der Waals surface area contributed by atoms with Crippen molar-refractivity contribution in [1.29, 1.82) is 0 Å². The van der Waals surface area contributed by atoms with Crippen LogP contribution < -0.4 is 4.74 Å². The van der Waals surface area contributed by atoms with Gasteiger partial charge >= 0.3 is 11.9 Å². The number of ketones is 1. The number of carbonyl (C=O) groups is 5. The Morgan fingerprint density at radius 1 is 0.838 bits per heavy atom. The number of rotatable bonds is 7. The van der Waals surface area contributed by atoms with Gasteiger partial charge in [0.2, 0.25) is 11.8 Å². The average Bonchev–Trinajstić information content (AvgIpc) is 3.49. The van der Waals surface area contributed by atoms with Gasteiger partial charge in [-0.2, -0.15) is 0 Å². The zero-order chi connectivity index (χ0) is 26.4. The molecule has 0 radical (unpaired) electrons. The second-order valence-corrected chi connectivity index (χ2v) is 12.3. The number of ether oxygens (including phenoxy) is 2. The van der Waals surface area contributed by atoms with Crippen LogP contribution in [0.4, 0.5) is 0 Å². The summed E-state index contributed by atoms with van der Waals surface area (Å²) in [4.78, 5) is 64.1. The van der Waals surface area contributed by atoms with Crippen LogP contribution >= 0.6 is 47.8 Å². The molecule has 2 amide bonds. The van der Waals surface area contributed by atoms with Gasteiger partial charge in [-0.3, -0.25) is 24.1 Å². The van der Waals surface area contributed by atoms with Crippen LogP contribution in [0.2, 0.25) is 0 Å². The fraction of sp³-hybridized carbons (Fsp3) is 0.346. The minimum atomic E-state index is -0.826. The Kier molecular flexibility index (Phi) is 7.39. The van der Waals surface area contributed by atoms with Gasteiger partial charge in [-0.15, -0.1) is 0 Å². The number of nitrogens with zero attached hydrogens (tertiary/aromatic N) is 1. The second kappa shape index (κ2) is 10.4. The number of alkyl halides is 2. The molecule has 2 saturated carbocycles. The van der Waals surface area contributed by atoms with Crippen molar-refractivity contribution in [3.63, 3.8) is 0 Å². The van der Waals surface area contributed by atoms with Crippen LogP contribution in [0, 0.1) is 23.7 Å². The summed E-state index contributed by atoms with van der Waals surface area (Å²) in [5.74, 6) is -3.00. The summed E-state index contributed by atoms with van der Waals surface area (Å²) >= 11 is 10.5. The number of hydrogen-bond acceptors (Lipinski definition) is 7. The Morgan fingerprint density at radius 3 is 1.95 bits per heavy atom. The molecule has 37 heavy (non-hydrogen) atoms. The summed E-state index contributed by atoms with van der Waals surface area (Å²) in [5, 5.41) is 0. The van der Waals surface area contributed by atoms with Gasteiger partial charge in [0.05, 0.1) is 17.4 Å². The van der Waals surface area contributed by atoms with E-state index in [4.69, 9.17) is 9.47 Å². The number of fused-ring (bicyclic) bond motifs is 5. The quantitative estimate of drug-likeness (QED) is 0.141. The summed E-state index contributed by atoms with van der Waals surface area (Å²) in [6.07, 6.45) is 0.799. The van der Waals surface area contributed by atoms with E-state index in [1.807, 2.05) is 0 Å². The number of benzene rings is 2. The zero-order valence-corrected chi connectivity index (χ0v) is 23.9. The lowest BCUT2D eigenvalue weighted by molar-refractivity contribution is -0.152. The molecule has 1 saturated heterocycles. The van der Waals surface area contributed by atoms with Crippen LogP contribution in [0.15, 0.2) is 53.0 Å². The van der Waals surface area contributed by atoms with E-state index in [0.29, 0.717) is 5.56 Å². The number of halogens is 3. The van der Waals surface area contributed by atoms with Crippen molar-refractivity contribution < 1.29 is 33.4 Å². The lowest BCUT2D eigenvalue weighted by Crippen LogP contribution is -2.38. The highest BCUT2D eigenvalue weighted by Gasteiger charge is 2.66. The molecule has 3 aliphatic rings. The van der Waals surface area contributed by atoms with Crippen LogP contribution in [-0.2, 0) is 19.1 Å². The molecule has 8 nitrogen and oxygen atoms in total. The van der Waals surface area contributed by atoms with E-state index in [1.165, 1.54) is 24.3 Å². The highest BCUT2D eigenvalue weighted by molar-refractivity contribution is 9.12. The first-order chi connectivity index (χ1) is 17.7. The number of amides is 2. The first-order valence-corrected chi connectivity index (χ1v) is 14.2.